The molecule has 5 heteroatoms. The van der Waals surface area contributed by atoms with Gasteiger partial charge >= 0.3 is 0 Å². The van der Waals surface area contributed by atoms with Crippen molar-refractivity contribution in [3.63, 3.8) is 0 Å². The molecule has 0 aromatic carbocycles. The molecule has 0 bridgehead atoms. The second kappa shape index (κ2) is 1.73. The highest BCUT2D eigenvalue weighted by atomic mass is 16.8. The van der Waals surface area contributed by atoms with Crippen molar-refractivity contribution in [2.45, 2.75) is 0 Å². The minimum absolute atomic E-state index is 0.0972. The summed E-state index contributed by atoms with van der Waals surface area (Å²) in [7, 11) is 2.10. The fourth-order valence-electron chi connectivity index (χ4n) is 0. The van der Waals surface area contributed by atoms with Crippen molar-refractivity contribution in [2.24, 2.45) is 5.84 Å². The Morgan fingerprint density at radius 3 is 1.86 bits per heavy atom. The molecule has 1 atom stereocenters. The Hall–Kier alpha value is -0.200. The molecule has 1 unspecified atom stereocenters. The van der Waals surface area contributed by atoms with Crippen LogP contribution in [0.2, 0.25) is 0 Å². The predicted molar refractivity (Wildman–Crippen MR) is 24.9 cm³/mol. The van der Waals surface area contributed by atoms with E-state index >= 15 is 0 Å². The van der Waals surface area contributed by atoms with Gasteiger partial charge in [-0.25, -0.2) is 10.0 Å². The molecule has 0 radical (unpaired) electrons. The Bertz CT molecular complexity index is 56.4. The van der Waals surface area contributed by atoms with Crippen LogP contribution in [-0.2, 0) is 0 Å². The maximum Gasteiger partial charge on any atom is 0.103 e. The van der Waals surface area contributed by atoms with Crippen molar-refractivity contribution in [1.82, 2.24) is 5.17 Å². The lowest BCUT2D eigenvalue weighted by molar-refractivity contribution is -0.977. The summed E-state index contributed by atoms with van der Waals surface area (Å²) in [5.74, 6) is 4.67. The molecule has 0 amide bonds. The second-order valence-electron chi connectivity index (χ2n) is 1.41. The first kappa shape index (κ1) is 6.80. The molecule has 0 aromatic rings. The summed E-state index contributed by atoms with van der Waals surface area (Å²) in [6.07, 6.45) is 0. The van der Waals surface area contributed by atoms with Crippen LogP contribution < -0.4 is 5.84 Å². The van der Waals surface area contributed by atoms with Crippen LogP contribution in [-0.4, -0.2) is 24.1 Å². The molecule has 0 aliphatic rings. The molecule has 0 aromatic heterocycles. The number of hydroxylamine groups is 2. The summed E-state index contributed by atoms with van der Waals surface area (Å²) < 4.78 is 0. The lowest BCUT2D eigenvalue weighted by Crippen LogP contribution is -2.53. The van der Waals surface area contributed by atoms with Gasteiger partial charge < -0.3 is 10.4 Å². The molecule has 0 saturated carbocycles. The summed E-state index contributed by atoms with van der Waals surface area (Å²) in [4.78, 5) is -1.42. The lowest BCUT2D eigenvalue weighted by Gasteiger charge is -2.42. The first-order chi connectivity index (χ1) is 2.94. The Balaban J connectivity index is 3.54. The quantitative estimate of drug-likeness (QED) is 0.268. The monoisotopic (exact) mass is 106 g/mol. The van der Waals surface area contributed by atoms with Crippen LogP contribution in [0.15, 0.2) is 0 Å². The number of rotatable bonds is 1. The summed E-state index contributed by atoms with van der Waals surface area (Å²) in [6, 6.07) is 0. The first-order valence-electron chi connectivity index (χ1n) is 1.72. The van der Waals surface area contributed by atoms with Gasteiger partial charge in [0.15, 0.2) is 0 Å². The van der Waals surface area contributed by atoms with Gasteiger partial charge in [-0.1, -0.05) is 0 Å². The van der Waals surface area contributed by atoms with Gasteiger partial charge in [-0.05, 0) is 0 Å². The molecule has 0 fully saturated rings. The van der Waals surface area contributed by atoms with E-state index in [1.807, 2.05) is 0 Å². The molecule has 5 nitrogen and oxygen atoms in total. The zero-order chi connectivity index (χ0) is 6.08. The van der Waals surface area contributed by atoms with Gasteiger partial charge in [-0.3, -0.25) is 0 Å². The van der Waals surface area contributed by atoms with E-state index in [-0.39, 0.29) is 5.17 Å². The normalized spacial score (nSPS) is 19.7. The molecular formula is C2H8N3O2-. The maximum atomic E-state index is 10.1. The molecule has 0 aliphatic carbocycles. The van der Waals surface area contributed by atoms with Crippen LogP contribution in [0.3, 0.4) is 0 Å². The molecule has 0 aliphatic heterocycles. The van der Waals surface area contributed by atoms with Crippen LogP contribution in [0, 0.1) is 10.4 Å². The predicted octanol–water partition coefficient (Wildman–Crippen LogP) is -0.851. The Kier molecular flexibility index (Phi) is 1.68. The number of quaternary nitrogens is 1. The number of nitrogens with two attached hydrogens (primary N) is 1. The molecule has 44 valence electrons. The van der Waals surface area contributed by atoms with E-state index < -0.39 is 4.86 Å². The average Bonchev–Trinajstić information content (AvgIpc) is 1.31. The van der Waals surface area contributed by atoms with Crippen LogP contribution in [0.1, 0.15) is 0 Å². The fourth-order valence-corrected chi connectivity index (χ4v) is 0. The Labute approximate surface area is 41.6 Å². The van der Waals surface area contributed by atoms with E-state index in [1.54, 1.807) is 0 Å². The van der Waals surface area contributed by atoms with E-state index in [4.69, 9.17) is 0 Å². The van der Waals surface area contributed by atoms with Gasteiger partial charge in [-0.2, -0.15) is 5.84 Å². The van der Waals surface area contributed by atoms with Gasteiger partial charge in [0.1, 0.15) is 7.05 Å². The number of hydrogen-bond acceptors (Lipinski definition) is 4. The smallest absolute Gasteiger partial charge is 0.103 e. The second-order valence-corrected chi connectivity index (χ2v) is 1.41. The van der Waals surface area contributed by atoms with E-state index in [0.29, 0.717) is 0 Å². The maximum absolute atomic E-state index is 10.1. The summed E-state index contributed by atoms with van der Waals surface area (Å²) in [5, 5.41) is 20.1. The third-order valence-corrected chi connectivity index (χ3v) is 0.559. The SMILES string of the molecule is CN([O-])[N+](C)(N)[O-]. The largest absolute Gasteiger partial charge is 0.738 e. The van der Waals surface area contributed by atoms with Crippen molar-refractivity contribution >= 4 is 0 Å². The zero-order valence-corrected chi connectivity index (χ0v) is 4.29. The summed E-state index contributed by atoms with van der Waals surface area (Å²) in [5.41, 5.74) is 0. The fraction of sp³-hybridized carbons (Fsp3) is 1.00. The number of nitrogens with zero attached hydrogens (tertiary/aromatic N) is 2. The minimum Gasteiger partial charge on any atom is -0.738 e. The van der Waals surface area contributed by atoms with Crippen molar-refractivity contribution in [3.05, 3.63) is 10.4 Å². The van der Waals surface area contributed by atoms with Crippen LogP contribution in [0.4, 0.5) is 0 Å². The van der Waals surface area contributed by atoms with Crippen molar-refractivity contribution in [3.8, 4) is 0 Å². The highest BCUT2D eigenvalue weighted by molar-refractivity contribution is 4.25. The molecule has 0 rings (SSSR count). The molecule has 2 N–H and O–H groups in total. The van der Waals surface area contributed by atoms with Crippen molar-refractivity contribution in [1.29, 1.82) is 0 Å². The van der Waals surface area contributed by atoms with Gasteiger partial charge in [0.05, 0.1) is 0 Å². The first-order valence-corrected chi connectivity index (χ1v) is 1.72. The third kappa shape index (κ3) is 2.49. The zero-order valence-electron chi connectivity index (χ0n) is 4.29. The van der Waals surface area contributed by atoms with Crippen LogP contribution in [0.5, 0.6) is 0 Å². The van der Waals surface area contributed by atoms with Gasteiger partial charge in [0.2, 0.25) is 0 Å². The average molecular weight is 106 g/mol. The summed E-state index contributed by atoms with van der Waals surface area (Å²) >= 11 is 0. The van der Waals surface area contributed by atoms with Crippen LogP contribution in [0.25, 0.3) is 0 Å². The molecule has 0 heterocycles. The highest BCUT2D eigenvalue weighted by Gasteiger charge is 1.97. The Morgan fingerprint density at radius 1 is 1.71 bits per heavy atom. The van der Waals surface area contributed by atoms with E-state index in [0.717, 1.165) is 14.1 Å². The van der Waals surface area contributed by atoms with E-state index in [2.05, 4.69) is 5.84 Å². The van der Waals surface area contributed by atoms with E-state index in [9.17, 15) is 10.4 Å². The molecule has 7 heavy (non-hydrogen) atoms. The number of hydrogen-bond donors (Lipinski definition) is 1. The van der Waals surface area contributed by atoms with Gasteiger partial charge in [0.25, 0.3) is 0 Å². The minimum atomic E-state index is -1.42. The molecule has 0 spiro atoms. The summed E-state index contributed by atoms with van der Waals surface area (Å²) in [6.45, 7) is 0. The molecular weight excluding hydrogens is 98.0 g/mol. The lowest BCUT2D eigenvalue weighted by atomic mass is 11.3. The topological polar surface area (TPSA) is 75.4 Å². The van der Waals surface area contributed by atoms with E-state index in [1.165, 1.54) is 0 Å². The standard InChI is InChI=1S/C2H8N3O2/c1-4(6)5(2,3)7/h3H2,1-2H3/q-1. The highest BCUT2D eigenvalue weighted by Crippen LogP contribution is 1.88. The van der Waals surface area contributed by atoms with Gasteiger partial charge in [0, 0.05) is 7.05 Å². The van der Waals surface area contributed by atoms with Crippen molar-refractivity contribution in [2.75, 3.05) is 14.1 Å². The third-order valence-electron chi connectivity index (χ3n) is 0.559. The van der Waals surface area contributed by atoms with Gasteiger partial charge in [-0.15, -0.1) is 0 Å². The van der Waals surface area contributed by atoms with Crippen LogP contribution >= 0.6 is 0 Å². The molecule has 0 saturated heterocycles. The van der Waals surface area contributed by atoms with Crippen molar-refractivity contribution < 1.29 is 4.86 Å². The Morgan fingerprint density at radius 2 is 1.86 bits per heavy atom.